The minimum absolute atomic E-state index is 0.871. The monoisotopic (exact) mass is 236 g/mol. The Bertz CT molecular complexity index is 558. The molecule has 0 spiro atoms. The summed E-state index contributed by atoms with van der Waals surface area (Å²) in [4.78, 5) is 0. The Morgan fingerprint density at radius 1 is 1.00 bits per heavy atom. The van der Waals surface area contributed by atoms with E-state index in [-0.39, 0.29) is 0 Å². The van der Waals surface area contributed by atoms with Gasteiger partial charge in [0.25, 0.3) is 0 Å². The van der Waals surface area contributed by atoms with Gasteiger partial charge in [0.1, 0.15) is 5.75 Å². The number of benzene rings is 2. The summed E-state index contributed by atoms with van der Waals surface area (Å²) < 4.78 is 5.12. The number of ether oxygens (including phenoxy) is 1. The van der Waals surface area contributed by atoms with Gasteiger partial charge >= 0.3 is 0 Å². The minimum atomic E-state index is 0.871. The zero-order valence-electron chi connectivity index (χ0n) is 10.7. The molecule has 0 amide bonds. The topological polar surface area (TPSA) is 9.23 Å². The van der Waals surface area contributed by atoms with Gasteiger partial charge in [-0.25, -0.2) is 0 Å². The predicted octanol–water partition coefficient (Wildman–Crippen LogP) is 4.41. The van der Waals surface area contributed by atoms with E-state index in [2.05, 4.69) is 24.8 Å². The Balaban J connectivity index is 2.23. The zero-order chi connectivity index (χ0) is 12.8. The van der Waals surface area contributed by atoms with Crippen molar-refractivity contribution in [1.29, 1.82) is 0 Å². The van der Waals surface area contributed by atoms with Crippen molar-refractivity contribution in [3.8, 4) is 5.75 Å². The van der Waals surface area contributed by atoms with E-state index >= 15 is 0 Å². The molecule has 2 aromatic carbocycles. The van der Waals surface area contributed by atoms with Crippen LogP contribution in [0.5, 0.6) is 5.75 Å². The summed E-state index contributed by atoms with van der Waals surface area (Å²) in [6.07, 6.45) is 1.99. The van der Waals surface area contributed by atoms with Gasteiger partial charge in [-0.1, -0.05) is 42.5 Å². The Labute approximate surface area is 108 Å². The first-order valence-electron chi connectivity index (χ1n) is 5.92. The highest BCUT2D eigenvalue weighted by atomic mass is 16.5. The van der Waals surface area contributed by atoms with Crippen molar-refractivity contribution in [2.75, 3.05) is 7.11 Å². The molecule has 90 valence electrons. The summed E-state index contributed by atoms with van der Waals surface area (Å²) in [6, 6.07) is 18.2. The van der Waals surface area contributed by atoms with Crippen molar-refractivity contribution in [2.24, 2.45) is 0 Å². The normalized spacial score (nSPS) is 9.44. The number of rotatable bonds is 3. The second-order valence-corrected chi connectivity index (χ2v) is 4.05. The van der Waals surface area contributed by atoms with E-state index in [1.807, 2.05) is 48.5 Å². The number of methoxy groups -OCH3 is 1. The van der Waals surface area contributed by atoms with Gasteiger partial charge in [-0.05, 0) is 41.8 Å². The molecule has 0 saturated heterocycles. The first kappa shape index (κ1) is 12.2. The second kappa shape index (κ2) is 5.90. The summed E-state index contributed by atoms with van der Waals surface area (Å²) in [7, 11) is 1.67. The van der Waals surface area contributed by atoms with Crippen molar-refractivity contribution in [3.63, 3.8) is 0 Å². The van der Waals surface area contributed by atoms with Crippen molar-refractivity contribution in [2.45, 2.75) is 6.92 Å². The maximum Gasteiger partial charge on any atom is 0.118 e. The van der Waals surface area contributed by atoms with Gasteiger partial charge in [0, 0.05) is 0 Å². The Morgan fingerprint density at radius 3 is 2.28 bits per heavy atom. The molecule has 0 saturated carbocycles. The molecule has 2 aromatic rings. The Hall–Kier alpha value is -2.24. The first-order valence-corrected chi connectivity index (χ1v) is 5.92. The quantitative estimate of drug-likeness (QED) is 0.717. The highest BCUT2D eigenvalue weighted by Crippen LogP contribution is 2.14. The maximum atomic E-state index is 5.12. The Kier molecular flexibility index (Phi) is 4.01. The molecule has 0 aromatic heterocycles. The molecule has 18 heavy (non-hydrogen) atoms. The molecule has 0 aliphatic rings. The third-order valence-corrected chi connectivity index (χ3v) is 2.78. The summed E-state index contributed by atoms with van der Waals surface area (Å²) >= 11 is 0. The van der Waals surface area contributed by atoms with Gasteiger partial charge in [-0.15, -0.1) is 5.73 Å². The molecule has 1 heteroatoms. The fraction of sp³-hybridized carbons (Fsp3) is 0.118. The van der Waals surface area contributed by atoms with Crippen molar-refractivity contribution in [1.82, 2.24) is 0 Å². The third-order valence-electron chi connectivity index (χ3n) is 2.78. The lowest BCUT2D eigenvalue weighted by Crippen LogP contribution is -1.81. The van der Waals surface area contributed by atoms with Gasteiger partial charge in [0.05, 0.1) is 7.11 Å². The van der Waals surface area contributed by atoms with Gasteiger partial charge < -0.3 is 4.74 Å². The van der Waals surface area contributed by atoms with Crippen LogP contribution in [0, 0.1) is 0 Å². The molecular formula is C17H16O. The van der Waals surface area contributed by atoms with E-state index in [0.717, 1.165) is 16.9 Å². The molecule has 0 unspecified atom stereocenters. The van der Waals surface area contributed by atoms with Gasteiger partial charge in [0.2, 0.25) is 0 Å². The van der Waals surface area contributed by atoms with Crippen LogP contribution >= 0.6 is 0 Å². The van der Waals surface area contributed by atoms with Crippen LogP contribution in [0.1, 0.15) is 18.1 Å². The van der Waals surface area contributed by atoms with E-state index in [1.165, 1.54) is 5.56 Å². The second-order valence-electron chi connectivity index (χ2n) is 4.05. The highest BCUT2D eigenvalue weighted by Gasteiger charge is 1.92. The lowest BCUT2D eigenvalue weighted by atomic mass is 10.1. The van der Waals surface area contributed by atoms with Crippen LogP contribution in [0.25, 0.3) is 11.6 Å². The minimum Gasteiger partial charge on any atom is -0.497 e. The molecular weight excluding hydrogens is 220 g/mol. The summed E-state index contributed by atoms with van der Waals surface area (Å²) in [5.41, 5.74) is 6.75. The summed E-state index contributed by atoms with van der Waals surface area (Å²) in [5.74, 6) is 0.871. The van der Waals surface area contributed by atoms with Crippen molar-refractivity contribution < 1.29 is 4.74 Å². The highest BCUT2D eigenvalue weighted by molar-refractivity contribution is 5.67. The molecule has 0 heterocycles. The van der Waals surface area contributed by atoms with E-state index in [1.54, 1.807) is 7.11 Å². The fourth-order valence-electron chi connectivity index (χ4n) is 1.66. The van der Waals surface area contributed by atoms with Crippen LogP contribution in [-0.4, -0.2) is 7.11 Å². The zero-order valence-corrected chi connectivity index (χ0v) is 10.7. The molecule has 1 nitrogen and oxygen atoms in total. The van der Waals surface area contributed by atoms with Crippen LogP contribution in [0.4, 0.5) is 0 Å². The maximum absolute atomic E-state index is 5.12. The van der Waals surface area contributed by atoms with Crippen molar-refractivity contribution >= 4 is 11.6 Å². The van der Waals surface area contributed by atoms with Gasteiger partial charge in [0.15, 0.2) is 0 Å². The van der Waals surface area contributed by atoms with E-state index in [4.69, 9.17) is 4.74 Å². The number of allylic oxidation sites excluding steroid dienone is 1. The average Bonchev–Trinajstić information content (AvgIpc) is 2.46. The molecule has 0 atom stereocenters. The largest absolute Gasteiger partial charge is 0.497 e. The molecule has 0 fully saturated rings. The van der Waals surface area contributed by atoms with E-state index in [0.29, 0.717) is 0 Å². The average molecular weight is 236 g/mol. The smallest absolute Gasteiger partial charge is 0.118 e. The molecule has 2 rings (SSSR count). The van der Waals surface area contributed by atoms with Crippen LogP contribution in [0.3, 0.4) is 0 Å². The fourth-order valence-corrected chi connectivity index (χ4v) is 1.66. The number of hydrogen-bond acceptors (Lipinski definition) is 1. The van der Waals surface area contributed by atoms with Crippen LogP contribution in [0.2, 0.25) is 0 Å². The van der Waals surface area contributed by atoms with Crippen molar-refractivity contribution in [3.05, 3.63) is 71.5 Å². The van der Waals surface area contributed by atoms with Crippen LogP contribution in [0.15, 0.2) is 60.3 Å². The van der Waals surface area contributed by atoms with Crippen LogP contribution in [-0.2, 0) is 0 Å². The van der Waals surface area contributed by atoms with E-state index in [9.17, 15) is 0 Å². The summed E-state index contributed by atoms with van der Waals surface area (Å²) in [5, 5.41) is 0. The lowest BCUT2D eigenvalue weighted by Gasteiger charge is -1.99. The van der Waals surface area contributed by atoms with Crippen LogP contribution < -0.4 is 4.74 Å². The van der Waals surface area contributed by atoms with E-state index < -0.39 is 0 Å². The molecule has 0 bridgehead atoms. The first-order chi connectivity index (χ1) is 8.79. The third kappa shape index (κ3) is 3.13. The van der Waals surface area contributed by atoms with Gasteiger partial charge in [-0.2, -0.15) is 0 Å². The molecule has 0 N–H and O–H groups in total. The predicted molar refractivity (Wildman–Crippen MR) is 76.5 cm³/mol. The Morgan fingerprint density at radius 2 is 1.67 bits per heavy atom. The van der Waals surface area contributed by atoms with Gasteiger partial charge in [-0.3, -0.25) is 0 Å². The molecule has 0 aliphatic heterocycles. The molecule has 0 radical (unpaired) electrons. The summed E-state index contributed by atoms with van der Waals surface area (Å²) in [6.45, 7) is 2.06. The standard InChI is InChI=1S/C17H16O/c1-14(16-6-4-3-5-7-16)8-9-15-10-12-17(18-2)13-11-15/h3-7,9-13H,1-2H3. The number of hydrogen-bond donors (Lipinski definition) is 0. The SMILES string of the molecule is COc1ccc(C=C=C(C)c2ccccc2)cc1. The lowest BCUT2D eigenvalue weighted by molar-refractivity contribution is 0.415. The molecule has 0 aliphatic carbocycles.